The van der Waals surface area contributed by atoms with Gasteiger partial charge in [-0.25, -0.2) is 5.01 Å². The average Bonchev–Trinajstić information content (AvgIpc) is 3.56. The SMILES string of the molecule is O=C(CN1CCN(Cc2ccccn2)CC1)N1N=C(c2cccs2)CC1c1cccs1. The van der Waals surface area contributed by atoms with Gasteiger partial charge in [-0.3, -0.25) is 19.6 Å². The highest BCUT2D eigenvalue weighted by molar-refractivity contribution is 7.12. The average molecular weight is 452 g/mol. The van der Waals surface area contributed by atoms with E-state index < -0.39 is 0 Å². The smallest absolute Gasteiger partial charge is 0.257 e. The van der Waals surface area contributed by atoms with Gasteiger partial charge >= 0.3 is 0 Å². The molecule has 31 heavy (non-hydrogen) atoms. The maximum Gasteiger partial charge on any atom is 0.257 e. The van der Waals surface area contributed by atoms with E-state index in [1.54, 1.807) is 27.7 Å². The zero-order chi connectivity index (χ0) is 21.0. The van der Waals surface area contributed by atoms with Crippen molar-refractivity contribution in [1.29, 1.82) is 0 Å². The number of nitrogens with zero attached hydrogens (tertiary/aromatic N) is 5. The Morgan fingerprint density at radius 1 is 0.968 bits per heavy atom. The van der Waals surface area contributed by atoms with Crippen molar-refractivity contribution in [2.24, 2.45) is 5.10 Å². The number of hydrazone groups is 1. The summed E-state index contributed by atoms with van der Waals surface area (Å²) in [5, 5.41) is 10.6. The predicted octanol–water partition coefficient (Wildman–Crippen LogP) is 3.70. The Hall–Kier alpha value is -2.39. The molecule has 0 saturated carbocycles. The highest BCUT2D eigenvalue weighted by Crippen LogP contribution is 2.36. The fourth-order valence-corrected chi connectivity index (χ4v) is 5.66. The second kappa shape index (κ2) is 9.40. The van der Waals surface area contributed by atoms with Gasteiger partial charge in [0.25, 0.3) is 5.91 Å². The van der Waals surface area contributed by atoms with Gasteiger partial charge in [0.2, 0.25) is 0 Å². The molecule has 0 aromatic carbocycles. The van der Waals surface area contributed by atoms with Crippen LogP contribution >= 0.6 is 22.7 Å². The Bertz CT molecular complexity index is 1010. The number of carbonyl (C=O) groups excluding carboxylic acids is 1. The minimum absolute atomic E-state index is 0.00930. The van der Waals surface area contributed by atoms with Crippen LogP contribution in [0, 0.1) is 0 Å². The summed E-state index contributed by atoms with van der Waals surface area (Å²) >= 11 is 3.38. The molecule has 8 heteroatoms. The molecule has 0 bridgehead atoms. The highest BCUT2D eigenvalue weighted by Gasteiger charge is 2.35. The van der Waals surface area contributed by atoms with E-state index in [1.165, 1.54) is 4.88 Å². The van der Waals surface area contributed by atoms with Gasteiger partial charge in [-0.15, -0.1) is 22.7 Å². The molecule has 1 fully saturated rings. The molecule has 2 aliphatic heterocycles. The van der Waals surface area contributed by atoms with Crippen LogP contribution in [0.3, 0.4) is 0 Å². The first-order chi connectivity index (χ1) is 15.3. The molecule has 160 valence electrons. The van der Waals surface area contributed by atoms with Crippen LogP contribution in [0.5, 0.6) is 0 Å². The van der Waals surface area contributed by atoms with Crippen LogP contribution in [0.1, 0.15) is 27.9 Å². The van der Waals surface area contributed by atoms with Gasteiger partial charge < -0.3 is 0 Å². The molecule has 5 heterocycles. The predicted molar refractivity (Wildman–Crippen MR) is 125 cm³/mol. The van der Waals surface area contributed by atoms with Gasteiger partial charge in [-0.05, 0) is 35.0 Å². The Kier molecular flexibility index (Phi) is 6.22. The maximum atomic E-state index is 13.3. The van der Waals surface area contributed by atoms with Gasteiger partial charge in [0.15, 0.2) is 0 Å². The Morgan fingerprint density at radius 2 is 1.77 bits per heavy atom. The second-order valence-electron chi connectivity index (χ2n) is 7.87. The normalized spacial score (nSPS) is 20.2. The Morgan fingerprint density at radius 3 is 2.48 bits per heavy atom. The van der Waals surface area contributed by atoms with Crippen molar-refractivity contribution in [3.05, 3.63) is 74.9 Å². The van der Waals surface area contributed by atoms with E-state index in [0.29, 0.717) is 6.54 Å². The second-order valence-corrected chi connectivity index (χ2v) is 9.80. The number of amides is 1. The first-order valence-electron chi connectivity index (χ1n) is 10.6. The zero-order valence-corrected chi connectivity index (χ0v) is 18.9. The third kappa shape index (κ3) is 4.77. The van der Waals surface area contributed by atoms with Gasteiger partial charge in [0.05, 0.1) is 28.9 Å². The van der Waals surface area contributed by atoms with E-state index in [4.69, 9.17) is 5.10 Å². The van der Waals surface area contributed by atoms with Gasteiger partial charge in [0, 0.05) is 50.2 Å². The minimum Gasteiger partial charge on any atom is -0.295 e. The van der Waals surface area contributed by atoms with Crippen molar-refractivity contribution < 1.29 is 4.79 Å². The van der Waals surface area contributed by atoms with Crippen LogP contribution in [-0.4, -0.2) is 64.1 Å². The third-order valence-electron chi connectivity index (χ3n) is 5.78. The topological polar surface area (TPSA) is 52.0 Å². The number of aromatic nitrogens is 1. The van der Waals surface area contributed by atoms with E-state index in [1.807, 2.05) is 30.5 Å². The lowest BCUT2D eigenvalue weighted by atomic mass is 10.1. The molecule has 3 aromatic rings. The molecule has 0 N–H and O–H groups in total. The summed E-state index contributed by atoms with van der Waals surface area (Å²) < 4.78 is 0. The first-order valence-corrected chi connectivity index (χ1v) is 12.3. The summed E-state index contributed by atoms with van der Waals surface area (Å²) in [5.41, 5.74) is 2.11. The summed E-state index contributed by atoms with van der Waals surface area (Å²) in [6, 6.07) is 14.3. The largest absolute Gasteiger partial charge is 0.295 e. The zero-order valence-electron chi connectivity index (χ0n) is 17.3. The van der Waals surface area contributed by atoms with Gasteiger partial charge in [0.1, 0.15) is 0 Å². The lowest BCUT2D eigenvalue weighted by Gasteiger charge is -2.34. The number of pyridine rings is 1. The summed E-state index contributed by atoms with van der Waals surface area (Å²) in [7, 11) is 0. The van der Waals surface area contributed by atoms with E-state index >= 15 is 0 Å². The van der Waals surface area contributed by atoms with Crippen molar-refractivity contribution in [2.45, 2.75) is 19.0 Å². The van der Waals surface area contributed by atoms with Gasteiger partial charge in [-0.2, -0.15) is 5.10 Å². The Balaban J connectivity index is 1.21. The number of hydrogen-bond acceptors (Lipinski definition) is 7. The summed E-state index contributed by atoms with van der Waals surface area (Å²) in [6.07, 6.45) is 2.62. The minimum atomic E-state index is 0.00930. The van der Waals surface area contributed by atoms with E-state index in [0.717, 1.165) is 55.4 Å². The van der Waals surface area contributed by atoms with Crippen molar-refractivity contribution in [2.75, 3.05) is 32.7 Å². The molecular weight excluding hydrogens is 426 g/mol. The lowest BCUT2D eigenvalue weighted by molar-refractivity contribution is -0.134. The number of piperazine rings is 1. The molecule has 5 rings (SSSR count). The molecule has 2 aliphatic rings. The monoisotopic (exact) mass is 451 g/mol. The fourth-order valence-electron chi connectivity index (χ4n) is 4.12. The summed E-state index contributed by atoms with van der Waals surface area (Å²) in [4.78, 5) is 24.7. The molecule has 1 amide bonds. The van der Waals surface area contributed by atoms with Crippen LogP contribution in [0.15, 0.2) is 64.5 Å². The maximum absolute atomic E-state index is 13.3. The van der Waals surface area contributed by atoms with Crippen molar-refractivity contribution in [3.63, 3.8) is 0 Å². The lowest BCUT2D eigenvalue weighted by Crippen LogP contribution is -2.49. The molecule has 0 spiro atoms. The molecule has 1 atom stereocenters. The molecular formula is C23H25N5OS2. The van der Waals surface area contributed by atoms with Crippen LogP contribution in [0.25, 0.3) is 0 Å². The molecule has 1 unspecified atom stereocenters. The molecule has 3 aromatic heterocycles. The molecule has 0 radical (unpaired) electrons. The van der Waals surface area contributed by atoms with E-state index in [2.05, 4.69) is 43.7 Å². The number of rotatable bonds is 6. The van der Waals surface area contributed by atoms with Crippen molar-refractivity contribution in [3.8, 4) is 0 Å². The number of thiophene rings is 2. The quantitative estimate of drug-likeness (QED) is 0.574. The van der Waals surface area contributed by atoms with Crippen LogP contribution in [0.4, 0.5) is 0 Å². The highest BCUT2D eigenvalue weighted by atomic mass is 32.1. The summed E-state index contributed by atoms with van der Waals surface area (Å²) in [5.74, 6) is 0.0862. The molecule has 6 nitrogen and oxygen atoms in total. The first kappa shape index (κ1) is 20.5. The van der Waals surface area contributed by atoms with Crippen molar-refractivity contribution >= 4 is 34.3 Å². The van der Waals surface area contributed by atoms with Crippen molar-refractivity contribution in [1.82, 2.24) is 19.8 Å². The van der Waals surface area contributed by atoms with Crippen LogP contribution in [0.2, 0.25) is 0 Å². The van der Waals surface area contributed by atoms with E-state index in [-0.39, 0.29) is 11.9 Å². The fraction of sp³-hybridized carbons (Fsp3) is 0.348. The number of hydrogen-bond donors (Lipinski definition) is 0. The Labute approximate surface area is 190 Å². The molecule has 0 aliphatic carbocycles. The molecule has 1 saturated heterocycles. The van der Waals surface area contributed by atoms with Crippen LogP contribution in [-0.2, 0) is 11.3 Å². The number of carbonyl (C=O) groups is 1. The van der Waals surface area contributed by atoms with E-state index in [9.17, 15) is 4.79 Å². The summed E-state index contributed by atoms with van der Waals surface area (Å²) in [6.45, 7) is 4.95. The van der Waals surface area contributed by atoms with Gasteiger partial charge in [-0.1, -0.05) is 18.2 Å². The van der Waals surface area contributed by atoms with Crippen LogP contribution < -0.4 is 0 Å². The third-order valence-corrected chi connectivity index (χ3v) is 7.67. The standard InChI is InChI=1S/C23H25N5OS2/c29-23(17-27-11-9-26(10-12-27)16-18-5-1-2-8-24-18)28-20(22-7-4-14-31-22)15-19(25-28)21-6-3-13-30-21/h1-8,13-14,20H,9-12,15-17H2.